The van der Waals surface area contributed by atoms with E-state index >= 15 is 0 Å². The third kappa shape index (κ3) is 7.82. The van der Waals surface area contributed by atoms with Gasteiger partial charge in [0.1, 0.15) is 11.4 Å². The Balaban J connectivity index is 0.900. The summed E-state index contributed by atoms with van der Waals surface area (Å²) in [4.78, 5) is 60.5. The molecule has 3 aliphatic rings. The minimum absolute atomic E-state index is 0.00903. The van der Waals surface area contributed by atoms with E-state index in [9.17, 15) is 19.2 Å². The Hall–Kier alpha value is -5.50. The molecule has 14 heteroatoms. The zero-order chi connectivity index (χ0) is 37.1. The highest BCUT2D eigenvalue weighted by Gasteiger charge is 2.32. The van der Waals surface area contributed by atoms with E-state index < -0.39 is 0 Å². The first-order valence-electron chi connectivity index (χ1n) is 17.8. The zero-order valence-electron chi connectivity index (χ0n) is 30.1. The normalized spacial score (nSPS) is 16.5. The maximum Gasteiger partial charge on any atom is 0.272 e. The molecule has 53 heavy (non-hydrogen) atoms. The number of anilines is 2. The highest BCUT2D eigenvalue weighted by molar-refractivity contribution is 7.99. The van der Waals surface area contributed by atoms with Crippen LogP contribution in [0.15, 0.2) is 65.9 Å². The number of methoxy groups -OCH3 is 1. The first-order chi connectivity index (χ1) is 25.7. The number of nitrogens with zero attached hydrogens (tertiary/aromatic N) is 5. The largest absolute Gasteiger partial charge is 0.493 e. The number of aliphatic imine (C=N–C) groups is 1. The molecule has 4 aromatic rings. The molecule has 0 aliphatic carbocycles. The van der Waals surface area contributed by atoms with E-state index in [1.165, 1.54) is 7.11 Å². The lowest BCUT2D eigenvalue weighted by molar-refractivity contribution is -0.116. The van der Waals surface area contributed by atoms with Gasteiger partial charge >= 0.3 is 0 Å². The molecule has 7 rings (SSSR count). The standard InChI is InChI=1S/C39H43N7O6S/c1-43-23-26(18-33(43)39(50)45-13-16-53-17-14-45)25-8-10-27(11-9-25)42-37(48)32-19-28(24-44(32)2)41-36(47)7-5-15-52-35-21-31-30(20-34(35)51-3)38(49)46-12-4-6-29(46)22-40-31/h8-11,18-24,29H,4-7,12-17H2,1-3H3,(H,41,47)(H,42,48)/t29-/m0/s1. The third-order valence-electron chi connectivity index (χ3n) is 9.78. The molecule has 0 bridgehead atoms. The van der Waals surface area contributed by atoms with E-state index in [0.717, 1.165) is 48.6 Å². The molecule has 276 valence electrons. The van der Waals surface area contributed by atoms with Crippen molar-refractivity contribution in [2.24, 2.45) is 19.1 Å². The van der Waals surface area contributed by atoms with Crippen molar-refractivity contribution in [2.45, 2.75) is 31.7 Å². The van der Waals surface area contributed by atoms with Crippen molar-refractivity contribution in [1.82, 2.24) is 18.9 Å². The molecule has 0 radical (unpaired) electrons. The van der Waals surface area contributed by atoms with Crippen LogP contribution in [0, 0.1) is 0 Å². The predicted octanol–water partition coefficient (Wildman–Crippen LogP) is 5.60. The number of carbonyl (C=O) groups is 4. The van der Waals surface area contributed by atoms with Crippen LogP contribution >= 0.6 is 11.8 Å². The van der Waals surface area contributed by atoms with Gasteiger partial charge in [0, 0.05) is 87.6 Å². The van der Waals surface area contributed by atoms with E-state index in [2.05, 4.69) is 15.6 Å². The van der Waals surface area contributed by atoms with Crippen molar-refractivity contribution in [3.8, 4) is 22.6 Å². The summed E-state index contributed by atoms with van der Waals surface area (Å²) in [6, 6.07) is 14.4. The number of carbonyl (C=O) groups excluding carboxylic acids is 4. The van der Waals surface area contributed by atoms with Crippen LogP contribution in [0.2, 0.25) is 0 Å². The van der Waals surface area contributed by atoms with E-state index in [-0.39, 0.29) is 42.7 Å². The number of aryl methyl sites for hydroxylation is 2. The molecule has 2 aromatic carbocycles. The Bertz CT molecular complexity index is 2060. The Morgan fingerprint density at radius 3 is 2.43 bits per heavy atom. The zero-order valence-corrected chi connectivity index (χ0v) is 30.9. The van der Waals surface area contributed by atoms with Gasteiger partial charge in [-0.2, -0.15) is 11.8 Å². The molecule has 0 spiro atoms. The number of benzene rings is 2. The van der Waals surface area contributed by atoms with Crippen molar-refractivity contribution < 1.29 is 28.7 Å². The molecular formula is C39H43N7O6S. The number of aromatic nitrogens is 2. The maximum atomic E-state index is 13.2. The summed E-state index contributed by atoms with van der Waals surface area (Å²) >= 11 is 1.87. The predicted molar refractivity (Wildman–Crippen MR) is 206 cm³/mol. The van der Waals surface area contributed by atoms with Crippen LogP contribution in [0.3, 0.4) is 0 Å². The monoisotopic (exact) mass is 737 g/mol. The second kappa shape index (κ2) is 15.6. The van der Waals surface area contributed by atoms with Crippen LogP contribution in [0.5, 0.6) is 11.5 Å². The Morgan fingerprint density at radius 2 is 1.66 bits per heavy atom. The number of amides is 4. The van der Waals surface area contributed by atoms with Gasteiger partial charge in [0.25, 0.3) is 17.7 Å². The summed E-state index contributed by atoms with van der Waals surface area (Å²) in [5, 5.41) is 5.79. The second-order valence-electron chi connectivity index (χ2n) is 13.4. The average molecular weight is 738 g/mol. The minimum Gasteiger partial charge on any atom is -0.493 e. The van der Waals surface area contributed by atoms with Gasteiger partial charge < -0.3 is 39.0 Å². The Labute approximate surface area is 312 Å². The quantitative estimate of drug-likeness (QED) is 0.191. The van der Waals surface area contributed by atoms with Crippen LogP contribution in [0.4, 0.5) is 17.1 Å². The number of hydrogen-bond acceptors (Lipinski definition) is 8. The van der Waals surface area contributed by atoms with Gasteiger partial charge in [-0.15, -0.1) is 0 Å². The Morgan fingerprint density at radius 1 is 0.887 bits per heavy atom. The molecule has 13 nitrogen and oxygen atoms in total. The van der Waals surface area contributed by atoms with Crippen LogP contribution in [0.25, 0.3) is 11.1 Å². The average Bonchev–Trinajstić information content (AvgIpc) is 3.88. The molecule has 0 saturated carbocycles. The summed E-state index contributed by atoms with van der Waals surface area (Å²) in [6.07, 6.45) is 7.95. The van der Waals surface area contributed by atoms with Crippen LogP contribution in [0.1, 0.15) is 57.0 Å². The van der Waals surface area contributed by atoms with E-state index in [0.29, 0.717) is 58.5 Å². The summed E-state index contributed by atoms with van der Waals surface area (Å²) in [6.45, 7) is 2.48. The molecule has 2 saturated heterocycles. The fraction of sp³-hybridized carbons (Fsp3) is 0.359. The molecule has 1 atom stereocenters. The van der Waals surface area contributed by atoms with E-state index in [1.54, 1.807) is 36.0 Å². The van der Waals surface area contributed by atoms with Crippen LogP contribution in [-0.2, 0) is 18.9 Å². The fourth-order valence-corrected chi connectivity index (χ4v) is 7.82. The van der Waals surface area contributed by atoms with Gasteiger partial charge in [-0.25, -0.2) is 0 Å². The molecular weight excluding hydrogens is 695 g/mol. The molecule has 3 aliphatic heterocycles. The van der Waals surface area contributed by atoms with E-state index in [1.807, 2.05) is 75.9 Å². The summed E-state index contributed by atoms with van der Waals surface area (Å²) in [7, 11) is 5.15. The Kier molecular flexibility index (Phi) is 10.6. The fourth-order valence-electron chi connectivity index (χ4n) is 6.92. The maximum absolute atomic E-state index is 13.2. The highest BCUT2D eigenvalue weighted by atomic mass is 32.2. The van der Waals surface area contributed by atoms with Gasteiger partial charge in [0.15, 0.2) is 11.5 Å². The van der Waals surface area contributed by atoms with Gasteiger partial charge in [-0.05, 0) is 55.2 Å². The number of hydrogen-bond donors (Lipinski definition) is 2. The highest BCUT2D eigenvalue weighted by Crippen LogP contribution is 2.38. The number of rotatable bonds is 11. The van der Waals surface area contributed by atoms with Crippen molar-refractivity contribution in [3.05, 3.63) is 77.9 Å². The topological polar surface area (TPSA) is 139 Å². The second-order valence-corrected chi connectivity index (χ2v) is 14.6. The van der Waals surface area contributed by atoms with Crippen LogP contribution < -0.4 is 20.1 Å². The first kappa shape index (κ1) is 35.9. The molecule has 5 heterocycles. The molecule has 4 amide bonds. The van der Waals surface area contributed by atoms with Crippen molar-refractivity contribution >= 4 is 58.7 Å². The van der Waals surface area contributed by atoms with Gasteiger partial charge in [0.05, 0.1) is 36.7 Å². The van der Waals surface area contributed by atoms with Crippen molar-refractivity contribution in [3.63, 3.8) is 0 Å². The van der Waals surface area contributed by atoms with Gasteiger partial charge in [-0.1, -0.05) is 12.1 Å². The molecule has 2 N–H and O–H groups in total. The molecule has 0 unspecified atom stereocenters. The van der Waals surface area contributed by atoms with Crippen LogP contribution in [-0.4, -0.2) is 99.7 Å². The van der Waals surface area contributed by atoms with Gasteiger partial charge in [0.2, 0.25) is 5.91 Å². The lowest BCUT2D eigenvalue weighted by Crippen LogP contribution is -2.38. The number of ether oxygens (including phenoxy) is 2. The molecule has 2 aromatic heterocycles. The number of nitrogens with one attached hydrogen (secondary N) is 2. The van der Waals surface area contributed by atoms with Crippen molar-refractivity contribution in [1.29, 1.82) is 0 Å². The lowest BCUT2D eigenvalue weighted by atomic mass is 10.1. The number of thioether (sulfide) groups is 1. The number of fused-ring (bicyclic) bond motifs is 2. The van der Waals surface area contributed by atoms with E-state index in [4.69, 9.17) is 9.47 Å². The summed E-state index contributed by atoms with van der Waals surface area (Å²) < 4.78 is 15.0. The lowest BCUT2D eigenvalue weighted by Gasteiger charge is -2.26. The van der Waals surface area contributed by atoms with Gasteiger partial charge in [-0.3, -0.25) is 24.2 Å². The third-order valence-corrected chi connectivity index (χ3v) is 10.7. The minimum atomic E-state index is -0.317. The molecule has 2 fully saturated rings. The summed E-state index contributed by atoms with van der Waals surface area (Å²) in [5.41, 5.74) is 5.05. The smallest absolute Gasteiger partial charge is 0.272 e. The first-order valence-corrected chi connectivity index (χ1v) is 19.0. The summed E-state index contributed by atoms with van der Waals surface area (Å²) in [5.74, 6) is 2.27. The SMILES string of the molecule is COc1cc2c(cc1OCCCC(=O)Nc1cc(C(=O)Nc3ccc(-c4cc(C(=O)N5CCSCC5)n(C)c4)cc3)n(C)c1)N=C[C@@H]1CCCN1C2=O. The van der Waals surface area contributed by atoms with Crippen molar-refractivity contribution in [2.75, 3.05) is 55.5 Å².